The monoisotopic (exact) mass is 219 g/mol. The van der Waals surface area contributed by atoms with Crippen LogP contribution in [-0.4, -0.2) is 36.3 Å². The maximum Gasteiger partial charge on any atom is 0.225 e. The Bertz CT molecular complexity index is 388. The number of anilines is 1. The van der Waals surface area contributed by atoms with Crippen molar-refractivity contribution in [3.8, 4) is 0 Å². The van der Waals surface area contributed by atoms with E-state index in [9.17, 15) is 0 Å². The predicted octanol–water partition coefficient (Wildman–Crippen LogP) is 1.40. The first kappa shape index (κ1) is 10.0. The van der Waals surface area contributed by atoms with Gasteiger partial charge in [-0.05, 0) is 25.8 Å². The van der Waals surface area contributed by atoms with Crippen molar-refractivity contribution in [2.75, 3.05) is 31.2 Å². The fourth-order valence-corrected chi connectivity index (χ4v) is 2.67. The fraction of sp³-hybridized carbons (Fsp3) is 0.667. The Morgan fingerprint density at radius 3 is 3.12 bits per heavy atom. The number of ether oxygens (including phenoxy) is 1. The zero-order valence-corrected chi connectivity index (χ0v) is 9.65. The van der Waals surface area contributed by atoms with Crippen LogP contribution in [-0.2, 0) is 4.74 Å². The third-order valence-corrected chi connectivity index (χ3v) is 3.69. The van der Waals surface area contributed by atoms with Gasteiger partial charge in [0.2, 0.25) is 5.95 Å². The molecule has 3 rings (SSSR count). The molecule has 1 spiro atoms. The van der Waals surface area contributed by atoms with Gasteiger partial charge in [0.05, 0.1) is 6.61 Å². The summed E-state index contributed by atoms with van der Waals surface area (Å²) in [4.78, 5) is 11.1. The number of aryl methyl sites for hydroxylation is 1. The Kier molecular flexibility index (Phi) is 2.32. The summed E-state index contributed by atoms with van der Waals surface area (Å²) >= 11 is 0. The van der Waals surface area contributed by atoms with Gasteiger partial charge in [-0.2, -0.15) is 0 Å². The van der Waals surface area contributed by atoms with Crippen molar-refractivity contribution in [1.29, 1.82) is 0 Å². The number of rotatable bonds is 1. The van der Waals surface area contributed by atoms with Crippen molar-refractivity contribution in [2.24, 2.45) is 5.41 Å². The van der Waals surface area contributed by atoms with Gasteiger partial charge in [0, 0.05) is 37.0 Å². The summed E-state index contributed by atoms with van der Waals surface area (Å²) in [5.41, 5.74) is 1.42. The molecule has 2 aliphatic rings. The quantitative estimate of drug-likeness (QED) is 0.715. The number of nitrogens with zero attached hydrogens (tertiary/aromatic N) is 3. The van der Waals surface area contributed by atoms with E-state index in [1.807, 2.05) is 19.2 Å². The topological polar surface area (TPSA) is 38.2 Å². The summed E-state index contributed by atoms with van der Waals surface area (Å²) in [6.07, 6.45) is 4.24. The number of hydrogen-bond donors (Lipinski definition) is 0. The molecule has 0 N–H and O–H groups in total. The third kappa shape index (κ3) is 1.67. The molecular formula is C12H17N3O. The maximum absolute atomic E-state index is 5.52. The highest BCUT2D eigenvalue weighted by Crippen LogP contribution is 2.39. The van der Waals surface area contributed by atoms with E-state index in [0.717, 1.165) is 37.9 Å². The molecule has 1 aromatic rings. The highest BCUT2D eigenvalue weighted by Gasteiger charge is 2.41. The van der Waals surface area contributed by atoms with Gasteiger partial charge in [-0.25, -0.2) is 9.97 Å². The highest BCUT2D eigenvalue weighted by atomic mass is 16.5. The van der Waals surface area contributed by atoms with Crippen LogP contribution < -0.4 is 4.90 Å². The molecule has 1 atom stereocenters. The second kappa shape index (κ2) is 3.70. The van der Waals surface area contributed by atoms with E-state index in [2.05, 4.69) is 14.9 Å². The summed E-state index contributed by atoms with van der Waals surface area (Å²) in [5, 5.41) is 0. The van der Waals surface area contributed by atoms with E-state index in [-0.39, 0.29) is 0 Å². The molecule has 0 aliphatic carbocycles. The minimum Gasteiger partial charge on any atom is -0.381 e. The Balaban J connectivity index is 1.78. The van der Waals surface area contributed by atoms with Crippen molar-refractivity contribution >= 4 is 5.95 Å². The molecule has 86 valence electrons. The Labute approximate surface area is 95.7 Å². The number of aromatic nitrogens is 2. The molecule has 0 saturated carbocycles. The SMILES string of the molecule is Cc1ccnc(N2CC[C@@]3(CCOC3)C2)n1. The minimum atomic E-state index is 0.382. The Morgan fingerprint density at radius 2 is 2.38 bits per heavy atom. The zero-order chi connectivity index (χ0) is 11.0. The highest BCUT2D eigenvalue weighted by molar-refractivity contribution is 5.33. The molecule has 0 amide bonds. The summed E-state index contributed by atoms with van der Waals surface area (Å²) in [6.45, 7) is 5.96. The van der Waals surface area contributed by atoms with Crippen molar-refractivity contribution in [2.45, 2.75) is 19.8 Å². The summed E-state index contributed by atoms with van der Waals surface area (Å²) in [6, 6.07) is 1.94. The maximum atomic E-state index is 5.52. The average Bonchev–Trinajstić information content (AvgIpc) is 2.90. The van der Waals surface area contributed by atoms with Gasteiger partial charge in [-0.15, -0.1) is 0 Å². The van der Waals surface area contributed by atoms with Crippen molar-refractivity contribution in [3.05, 3.63) is 18.0 Å². The van der Waals surface area contributed by atoms with Crippen LogP contribution in [0.3, 0.4) is 0 Å². The predicted molar refractivity (Wildman–Crippen MR) is 61.5 cm³/mol. The summed E-state index contributed by atoms with van der Waals surface area (Å²) in [7, 11) is 0. The molecule has 4 heteroatoms. The molecule has 2 aliphatic heterocycles. The van der Waals surface area contributed by atoms with Crippen molar-refractivity contribution in [3.63, 3.8) is 0 Å². The second-order valence-corrected chi connectivity index (χ2v) is 4.97. The van der Waals surface area contributed by atoms with Crippen LogP contribution >= 0.6 is 0 Å². The lowest BCUT2D eigenvalue weighted by Gasteiger charge is -2.21. The molecule has 0 radical (unpaired) electrons. The lowest BCUT2D eigenvalue weighted by molar-refractivity contribution is 0.160. The van der Waals surface area contributed by atoms with E-state index in [0.29, 0.717) is 5.41 Å². The molecule has 0 aromatic carbocycles. The van der Waals surface area contributed by atoms with Crippen LogP contribution in [0, 0.1) is 12.3 Å². The van der Waals surface area contributed by atoms with Crippen LogP contribution in [0.25, 0.3) is 0 Å². The van der Waals surface area contributed by atoms with Crippen LogP contribution in [0.15, 0.2) is 12.3 Å². The largest absolute Gasteiger partial charge is 0.381 e. The van der Waals surface area contributed by atoms with Gasteiger partial charge in [-0.3, -0.25) is 0 Å². The molecular weight excluding hydrogens is 202 g/mol. The minimum absolute atomic E-state index is 0.382. The smallest absolute Gasteiger partial charge is 0.225 e. The fourth-order valence-electron chi connectivity index (χ4n) is 2.67. The third-order valence-electron chi connectivity index (χ3n) is 3.69. The molecule has 16 heavy (non-hydrogen) atoms. The van der Waals surface area contributed by atoms with Gasteiger partial charge in [0.1, 0.15) is 0 Å². The second-order valence-electron chi connectivity index (χ2n) is 4.97. The van der Waals surface area contributed by atoms with Crippen LogP contribution in [0.4, 0.5) is 5.95 Å². The van der Waals surface area contributed by atoms with E-state index >= 15 is 0 Å². The lowest BCUT2D eigenvalue weighted by Crippen LogP contribution is -2.28. The molecule has 2 saturated heterocycles. The average molecular weight is 219 g/mol. The molecule has 0 unspecified atom stereocenters. The van der Waals surface area contributed by atoms with E-state index in [1.54, 1.807) is 0 Å². The first-order valence-corrected chi connectivity index (χ1v) is 5.90. The van der Waals surface area contributed by atoms with Crippen LogP contribution in [0.1, 0.15) is 18.5 Å². The van der Waals surface area contributed by atoms with Gasteiger partial charge >= 0.3 is 0 Å². The van der Waals surface area contributed by atoms with Gasteiger partial charge in [0.15, 0.2) is 0 Å². The lowest BCUT2D eigenvalue weighted by atomic mass is 9.87. The van der Waals surface area contributed by atoms with Gasteiger partial charge < -0.3 is 9.64 Å². The van der Waals surface area contributed by atoms with E-state index < -0.39 is 0 Å². The first-order valence-electron chi connectivity index (χ1n) is 5.90. The van der Waals surface area contributed by atoms with Gasteiger partial charge in [0.25, 0.3) is 0 Å². The summed E-state index contributed by atoms with van der Waals surface area (Å²) < 4.78 is 5.52. The molecule has 2 fully saturated rings. The summed E-state index contributed by atoms with van der Waals surface area (Å²) in [5.74, 6) is 0.878. The van der Waals surface area contributed by atoms with E-state index in [1.165, 1.54) is 12.8 Å². The number of hydrogen-bond acceptors (Lipinski definition) is 4. The molecule has 3 heterocycles. The van der Waals surface area contributed by atoms with Gasteiger partial charge in [-0.1, -0.05) is 0 Å². The van der Waals surface area contributed by atoms with Crippen molar-refractivity contribution < 1.29 is 4.74 Å². The van der Waals surface area contributed by atoms with Crippen molar-refractivity contribution in [1.82, 2.24) is 9.97 Å². The normalized spacial score (nSPS) is 29.2. The zero-order valence-electron chi connectivity index (χ0n) is 9.65. The van der Waals surface area contributed by atoms with Crippen LogP contribution in [0.5, 0.6) is 0 Å². The Morgan fingerprint density at radius 1 is 1.44 bits per heavy atom. The first-order chi connectivity index (χ1) is 7.77. The van der Waals surface area contributed by atoms with E-state index in [4.69, 9.17) is 4.74 Å². The molecule has 0 bridgehead atoms. The molecule has 1 aromatic heterocycles. The van der Waals surface area contributed by atoms with Crippen LogP contribution in [0.2, 0.25) is 0 Å². The standard InChI is InChI=1S/C12H17N3O/c1-10-2-5-13-11(14-10)15-6-3-12(8-15)4-7-16-9-12/h2,5H,3-4,6-9H2,1H3/t12-/m1/s1. The molecule has 4 nitrogen and oxygen atoms in total. The Hall–Kier alpha value is -1.16.